The molecular formula is C80H54F2N2O2. The van der Waals surface area contributed by atoms with Crippen molar-refractivity contribution >= 4 is 99.5 Å². The largest absolute Gasteiger partial charge is 0.454 e. The fourth-order valence-corrected chi connectivity index (χ4v) is 15.0. The smallest absolute Gasteiger partial charge is 0.159 e. The van der Waals surface area contributed by atoms with Gasteiger partial charge in [-0.25, -0.2) is 8.78 Å². The number of hydrogen-bond donors (Lipinski definition) is 0. The van der Waals surface area contributed by atoms with Gasteiger partial charge in [0.2, 0.25) is 0 Å². The summed E-state index contributed by atoms with van der Waals surface area (Å²) in [5.74, 6) is -0.642. The number of nitrogens with zero attached hydrogens (tertiary/aromatic N) is 2. The van der Waals surface area contributed by atoms with Crippen LogP contribution in [-0.2, 0) is 18.3 Å². The van der Waals surface area contributed by atoms with Crippen LogP contribution >= 0.6 is 0 Å². The molecule has 0 spiro atoms. The lowest BCUT2D eigenvalue weighted by Crippen LogP contribution is -2.32. The molecule has 13 aromatic carbocycles. The number of rotatable bonds is 8. The quantitative estimate of drug-likeness (QED) is 0.152. The summed E-state index contributed by atoms with van der Waals surface area (Å²) < 4.78 is 45.0. The van der Waals surface area contributed by atoms with Gasteiger partial charge in [-0.1, -0.05) is 176 Å². The van der Waals surface area contributed by atoms with Crippen LogP contribution in [0.25, 0.3) is 87.7 Å². The molecule has 0 bridgehead atoms. The van der Waals surface area contributed by atoms with Crippen molar-refractivity contribution in [3.05, 3.63) is 310 Å². The Morgan fingerprint density at radius 3 is 1.27 bits per heavy atom. The van der Waals surface area contributed by atoms with Gasteiger partial charge < -0.3 is 18.6 Å². The number of anilines is 6. The van der Waals surface area contributed by atoms with Crippen LogP contribution in [0.15, 0.2) is 258 Å². The second-order valence-corrected chi connectivity index (χ2v) is 23.3. The molecule has 15 aromatic rings. The molecule has 410 valence electrons. The molecule has 6 heteroatoms. The summed E-state index contributed by atoms with van der Waals surface area (Å²) in [6, 6.07) is 86.5. The maximum atomic E-state index is 15.5. The molecule has 0 unspecified atom stereocenters. The Morgan fingerprint density at radius 2 is 0.733 bits per heavy atom. The van der Waals surface area contributed by atoms with E-state index in [1.807, 2.05) is 24.3 Å². The third-order valence-corrected chi connectivity index (χ3v) is 18.7. The molecule has 0 saturated carbocycles. The highest BCUT2D eigenvalue weighted by Crippen LogP contribution is 2.65. The van der Waals surface area contributed by atoms with Gasteiger partial charge in [0, 0.05) is 43.7 Å². The van der Waals surface area contributed by atoms with Crippen molar-refractivity contribution in [3.8, 4) is 22.3 Å². The molecule has 0 amide bonds. The molecule has 4 nitrogen and oxygen atoms in total. The van der Waals surface area contributed by atoms with Crippen LogP contribution in [-0.4, -0.2) is 0 Å². The first-order valence-electron chi connectivity index (χ1n) is 29.6. The molecule has 0 N–H and O–H groups in total. The molecular weight excluding hydrogens is 1060 g/mol. The Bertz CT molecular complexity index is 5070. The summed E-state index contributed by atoms with van der Waals surface area (Å²) in [5.41, 5.74) is 22.4. The fourth-order valence-electron chi connectivity index (χ4n) is 15.0. The van der Waals surface area contributed by atoms with E-state index in [1.165, 1.54) is 27.8 Å². The maximum Gasteiger partial charge on any atom is 0.159 e. The molecule has 0 aliphatic heterocycles. The van der Waals surface area contributed by atoms with E-state index in [2.05, 4.69) is 231 Å². The van der Waals surface area contributed by atoms with Crippen molar-refractivity contribution in [2.75, 3.05) is 9.80 Å². The number of halogens is 2. The molecule has 2 heterocycles. The van der Waals surface area contributed by atoms with E-state index in [0.717, 1.165) is 157 Å². The number of benzene rings is 13. The Kier molecular flexibility index (Phi) is 11.0. The molecule has 0 atom stereocenters. The topological polar surface area (TPSA) is 32.8 Å². The van der Waals surface area contributed by atoms with Crippen LogP contribution in [0.2, 0.25) is 0 Å². The maximum absolute atomic E-state index is 15.5. The van der Waals surface area contributed by atoms with Crippen LogP contribution in [0.1, 0.15) is 50.1 Å². The first kappa shape index (κ1) is 50.0. The third kappa shape index (κ3) is 7.13. The van der Waals surface area contributed by atoms with Crippen LogP contribution in [0, 0.1) is 32.4 Å². The highest BCUT2D eigenvalue weighted by Gasteiger charge is 2.51. The molecule has 0 saturated heterocycles. The molecule has 17 rings (SSSR count). The minimum absolute atomic E-state index is 0.321. The van der Waals surface area contributed by atoms with E-state index >= 15 is 8.78 Å². The van der Waals surface area contributed by atoms with Gasteiger partial charge in [-0.2, -0.15) is 0 Å². The number of fused-ring (bicyclic) bond motifs is 16. The van der Waals surface area contributed by atoms with E-state index in [-0.39, 0.29) is 11.6 Å². The summed E-state index contributed by atoms with van der Waals surface area (Å²) in [6.45, 7) is 6.44. The van der Waals surface area contributed by atoms with Crippen LogP contribution in [0.3, 0.4) is 0 Å². The zero-order valence-electron chi connectivity index (χ0n) is 47.6. The van der Waals surface area contributed by atoms with Gasteiger partial charge in [0.05, 0.1) is 28.2 Å². The third-order valence-electron chi connectivity index (χ3n) is 18.7. The lowest BCUT2D eigenvalue weighted by molar-refractivity contribution is 0.627. The van der Waals surface area contributed by atoms with Gasteiger partial charge in [-0.3, -0.25) is 0 Å². The van der Waals surface area contributed by atoms with Crippen molar-refractivity contribution in [2.45, 2.75) is 39.0 Å². The lowest BCUT2D eigenvalue weighted by atomic mass is 9.63. The standard InChI is InChI=1S/C80H54F2N2O2/c1-47-17-4-11-31-66(47)80(67-32-14-26-56-55-21-6-5-20-50(55)35-44-57(56)67)68-45-72(83(53-40-36-51(81)37-41-53)70-33-15-29-64-62-27-12-18-48(2)76(62)85-78(64)70)58-22-7-9-24-60(58)74(68)75-61-25-10-8-23-59(61)73(46-69(75)80)84(54-42-38-52(82)39-43-54)71-34-16-30-65-63-28-13-19-49(3)77(63)86-79(65)71/h4-34,36-43,45-46H,35,44H2,1-3H3. The lowest BCUT2D eigenvalue weighted by Gasteiger charge is -2.39. The van der Waals surface area contributed by atoms with Gasteiger partial charge in [-0.15, -0.1) is 0 Å². The Balaban J connectivity index is 1.06. The summed E-state index contributed by atoms with van der Waals surface area (Å²) >= 11 is 0. The van der Waals surface area contributed by atoms with Crippen LogP contribution in [0.4, 0.5) is 42.9 Å². The Labute approximate surface area is 496 Å². The first-order valence-corrected chi connectivity index (χ1v) is 29.6. The highest BCUT2D eigenvalue weighted by atomic mass is 19.1. The zero-order chi connectivity index (χ0) is 57.5. The SMILES string of the molecule is Cc1ccccc1C1(c2cccc3c2CCc2ccccc2-3)c2cc(N(c3ccc(F)cc3)c3cccc4c3oc3c(C)cccc34)c3ccccc3c2-c2c1cc(N(c1ccc(F)cc1)c1cccc3c1oc1c(C)cccc13)c1ccccc21. The van der Waals surface area contributed by atoms with Gasteiger partial charge in [0.25, 0.3) is 0 Å². The molecule has 86 heavy (non-hydrogen) atoms. The van der Waals surface area contributed by atoms with Gasteiger partial charge in [0.1, 0.15) is 22.8 Å². The van der Waals surface area contributed by atoms with E-state index < -0.39 is 5.41 Å². The fraction of sp³-hybridized carbons (Fsp3) is 0.0750. The van der Waals surface area contributed by atoms with Crippen molar-refractivity contribution in [1.29, 1.82) is 0 Å². The van der Waals surface area contributed by atoms with E-state index in [4.69, 9.17) is 8.83 Å². The molecule has 0 fully saturated rings. The van der Waals surface area contributed by atoms with E-state index in [9.17, 15) is 0 Å². The second-order valence-electron chi connectivity index (χ2n) is 23.3. The van der Waals surface area contributed by atoms with Gasteiger partial charge in [-0.05, 0) is 190 Å². The number of para-hydroxylation sites is 4. The minimum atomic E-state index is -1.00. The van der Waals surface area contributed by atoms with Gasteiger partial charge in [0.15, 0.2) is 11.2 Å². The first-order chi connectivity index (χ1) is 42.2. The molecule has 2 aliphatic carbocycles. The zero-order valence-corrected chi connectivity index (χ0v) is 47.6. The average molecular weight is 1110 g/mol. The minimum Gasteiger partial charge on any atom is -0.454 e. The molecule has 2 aromatic heterocycles. The number of aryl methyl sites for hydroxylation is 4. The molecule has 2 aliphatic rings. The van der Waals surface area contributed by atoms with E-state index in [1.54, 1.807) is 24.3 Å². The summed E-state index contributed by atoms with van der Waals surface area (Å²) in [4.78, 5) is 4.58. The summed E-state index contributed by atoms with van der Waals surface area (Å²) in [5, 5.41) is 8.24. The van der Waals surface area contributed by atoms with E-state index in [0.29, 0.717) is 0 Å². The van der Waals surface area contributed by atoms with Crippen LogP contribution in [0.5, 0.6) is 0 Å². The Hall–Kier alpha value is -10.6. The number of furan rings is 2. The molecule has 0 radical (unpaired) electrons. The van der Waals surface area contributed by atoms with Crippen molar-refractivity contribution in [3.63, 3.8) is 0 Å². The van der Waals surface area contributed by atoms with Crippen molar-refractivity contribution in [2.24, 2.45) is 0 Å². The summed E-state index contributed by atoms with van der Waals surface area (Å²) in [7, 11) is 0. The van der Waals surface area contributed by atoms with Crippen molar-refractivity contribution in [1.82, 2.24) is 0 Å². The van der Waals surface area contributed by atoms with Crippen molar-refractivity contribution < 1.29 is 17.6 Å². The van der Waals surface area contributed by atoms with Gasteiger partial charge >= 0.3 is 0 Å². The normalized spacial score (nSPS) is 13.2. The van der Waals surface area contributed by atoms with Crippen LogP contribution < -0.4 is 9.80 Å². The number of hydrogen-bond acceptors (Lipinski definition) is 4. The predicted molar refractivity (Wildman–Crippen MR) is 350 cm³/mol. The Morgan fingerprint density at radius 1 is 0.326 bits per heavy atom. The summed E-state index contributed by atoms with van der Waals surface area (Å²) in [6.07, 6.45) is 1.71. The highest BCUT2D eigenvalue weighted by molar-refractivity contribution is 6.21. The monoisotopic (exact) mass is 1110 g/mol. The average Bonchev–Trinajstić information content (AvgIpc) is 1.53. The second kappa shape index (κ2) is 19.0. The predicted octanol–water partition coefficient (Wildman–Crippen LogP) is 22.1.